The summed E-state index contributed by atoms with van der Waals surface area (Å²) in [7, 11) is 0. The average molecular weight is 512 g/mol. The first kappa shape index (κ1) is 23.0. The average Bonchev–Trinajstić information content (AvgIpc) is 3.18. The van der Waals surface area contributed by atoms with E-state index in [1.807, 2.05) is 42.5 Å². The zero-order valence-electron chi connectivity index (χ0n) is 19.4. The second-order valence-electron chi connectivity index (χ2n) is 8.76. The smallest absolute Gasteiger partial charge is 0.291 e. The van der Waals surface area contributed by atoms with E-state index in [4.69, 9.17) is 20.8 Å². The first-order valence-electron chi connectivity index (χ1n) is 11.6. The van der Waals surface area contributed by atoms with Crippen LogP contribution in [0.1, 0.15) is 33.3 Å². The highest BCUT2D eigenvalue weighted by Gasteiger charge is 2.42. The lowest BCUT2D eigenvalue weighted by molar-refractivity contribution is 0.0714. The fraction of sp³-hybridized carbons (Fsp3) is 0.0667. The van der Waals surface area contributed by atoms with Crippen molar-refractivity contribution in [1.29, 1.82) is 0 Å². The molecule has 1 aliphatic heterocycles. The number of carbonyl (C=O) groups is 1. The number of fused-ring (bicyclic) bond motifs is 2. The Balaban J connectivity index is 1.50. The maximum absolute atomic E-state index is 13.7. The minimum atomic E-state index is -0.744. The number of nitrogens with zero attached hydrogens (tertiary/aromatic N) is 1. The zero-order valence-corrected chi connectivity index (χ0v) is 20.1. The molecular weight excluding hydrogens is 493 g/mol. The number of halogens is 2. The third-order valence-corrected chi connectivity index (χ3v) is 6.58. The molecule has 7 heteroatoms. The van der Waals surface area contributed by atoms with Gasteiger partial charge in [-0.15, -0.1) is 0 Å². The summed E-state index contributed by atoms with van der Waals surface area (Å²) in [5.41, 5.74) is 1.58. The Hall–Kier alpha value is -4.42. The Labute approximate surface area is 216 Å². The van der Waals surface area contributed by atoms with Gasteiger partial charge in [0.1, 0.15) is 22.9 Å². The number of hydrogen-bond donors (Lipinski definition) is 0. The number of amides is 1. The molecule has 5 nitrogen and oxygen atoms in total. The van der Waals surface area contributed by atoms with Gasteiger partial charge in [-0.2, -0.15) is 0 Å². The van der Waals surface area contributed by atoms with Gasteiger partial charge in [0.05, 0.1) is 17.0 Å². The number of benzene rings is 4. The van der Waals surface area contributed by atoms with Crippen LogP contribution >= 0.6 is 11.6 Å². The predicted octanol–water partition coefficient (Wildman–Crippen LogP) is 7.12. The van der Waals surface area contributed by atoms with Crippen LogP contribution in [-0.2, 0) is 6.54 Å². The quantitative estimate of drug-likeness (QED) is 0.252. The van der Waals surface area contributed by atoms with E-state index in [-0.39, 0.29) is 34.7 Å². The minimum Gasteiger partial charge on any atom is -0.457 e. The van der Waals surface area contributed by atoms with E-state index in [0.29, 0.717) is 33.0 Å². The van der Waals surface area contributed by atoms with Gasteiger partial charge in [-0.25, -0.2) is 4.39 Å². The molecule has 5 aromatic rings. The van der Waals surface area contributed by atoms with Gasteiger partial charge in [0.2, 0.25) is 5.76 Å². The van der Waals surface area contributed by atoms with E-state index >= 15 is 0 Å². The fourth-order valence-corrected chi connectivity index (χ4v) is 4.83. The van der Waals surface area contributed by atoms with Crippen molar-refractivity contribution in [3.05, 3.63) is 141 Å². The first-order chi connectivity index (χ1) is 18.0. The molecule has 0 saturated carbocycles. The Morgan fingerprint density at radius 2 is 1.62 bits per heavy atom. The molecule has 1 aliphatic rings. The van der Waals surface area contributed by atoms with Crippen LogP contribution < -0.4 is 10.2 Å². The molecule has 0 radical (unpaired) electrons. The number of ether oxygens (including phenoxy) is 1. The predicted molar refractivity (Wildman–Crippen MR) is 139 cm³/mol. The minimum absolute atomic E-state index is 0.0127. The zero-order chi connectivity index (χ0) is 25.5. The van der Waals surface area contributed by atoms with E-state index in [2.05, 4.69) is 0 Å². The monoisotopic (exact) mass is 511 g/mol. The summed E-state index contributed by atoms with van der Waals surface area (Å²) >= 11 is 6.17. The van der Waals surface area contributed by atoms with Crippen LogP contribution in [0.2, 0.25) is 5.02 Å². The third kappa shape index (κ3) is 4.26. The molecule has 1 amide bonds. The Kier molecular flexibility index (Phi) is 5.74. The van der Waals surface area contributed by atoms with Crippen molar-refractivity contribution < 1.29 is 18.3 Å². The van der Waals surface area contributed by atoms with Crippen molar-refractivity contribution in [1.82, 2.24) is 4.90 Å². The van der Waals surface area contributed by atoms with Crippen molar-refractivity contribution in [2.75, 3.05) is 0 Å². The summed E-state index contributed by atoms with van der Waals surface area (Å²) in [5.74, 6) is 0.404. The van der Waals surface area contributed by atoms with Crippen LogP contribution in [-0.4, -0.2) is 10.8 Å². The summed E-state index contributed by atoms with van der Waals surface area (Å²) in [6.07, 6.45) is 0. The molecule has 6 rings (SSSR count). The topological polar surface area (TPSA) is 59.8 Å². The SMILES string of the molecule is O=C1c2oc3ccc(Cl)cc3c(=O)c2C(c2cccc(Oc3ccccc3)c2)N1Cc1ccc(F)cc1. The number of hydrogen-bond acceptors (Lipinski definition) is 4. The van der Waals surface area contributed by atoms with Crippen LogP contribution in [0, 0.1) is 5.82 Å². The Morgan fingerprint density at radius 1 is 0.865 bits per heavy atom. The van der Waals surface area contributed by atoms with Gasteiger partial charge in [-0.1, -0.05) is 54.1 Å². The number of para-hydroxylation sites is 1. The standard InChI is InChI=1S/C30H19ClFNO4/c31-20-11-14-25-24(16-20)28(34)26-27(19-5-4-8-23(15-19)36-22-6-2-1-3-7-22)33(30(35)29(26)37-25)17-18-9-12-21(32)13-10-18/h1-16,27H,17H2. The Morgan fingerprint density at radius 3 is 2.41 bits per heavy atom. The second kappa shape index (κ2) is 9.22. The van der Waals surface area contributed by atoms with E-state index in [1.165, 1.54) is 12.1 Å². The molecule has 2 heterocycles. The molecule has 0 spiro atoms. The molecule has 0 bridgehead atoms. The van der Waals surface area contributed by atoms with Crippen LogP contribution in [0.25, 0.3) is 11.0 Å². The van der Waals surface area contributed by atoms with Crippen molar-refractivity contribution in [3.63, 3.8) is 0 Å². The highest BCUT2D eigenvalue weighted by atomic mass is 35.5. The summed E-state index contributed by atoms with van der Waals surface area (Å²) in [5, 5.41) is 0.687. The van der Waals surface area contributed by atoms with Gasteiger partial charge in [-0.05, 0) is 65.7 Å². The third-order valence-electron chi connectivity index (χ3n) is 6.35. The van der Waals surface area contributed by atoms with E-state index < -0.39 is 11.9 Å². The first-order valence-corrected chi connectivity index (χ1v) is 12.0. The van der Waals surface area contributed by atoms with E-state index in [1.54, 1.807) is 47.4 Å². The lowest BCUT2D eigenvalue weighted by Crippen LogP contribution is -2.29. The summed E-state index contributed by atoms with van der Waals surface area (Å²) in [6.45, 7) is 0.147. The van der Waals surface area contributed by atoms with Gasteiger partial charge >= 0.3 is 0 Å². The number of rotatable bonds is 5. The molecule has 4 aromatic carbocycles. The Bertz CT molecular complexity index is 1700. The lowest BCUT2D eigenvalue weighted by atomic mass is 9.98. The van der Waals surface area contributed by atoms with Gasteiger partial charge in [0, 0.05) is 11.6 Å². The molecule has 182 valence electrons. The fourth-order valence-electron chi connectivity index (χ4n) is 4.66. The molecule has 0 fully saturated rings. The second-order valence-corrected chi connectivity index (χ2v) is 9.20. The van der Waals surface area contributed by atoms with Crippen LogP contribution in [0.4, 0.5) is 4.39 Å². The van der Waals surface area contributed by atoms with Crippen molar-refractivity contribution >= 4 is 28.5 Å². The van der Waals surface area contributed by atoms with Gasteiger partial charge in [0.25, 0.3) is 5.91 Å². The van der Waals surface area contributed by atoms with Gasteiger partial charge in [0.15, 0.2) is 5.43 Å². The highest BCUT2D eigenvalue weighted by Crippen LogP contribution is 2.40. The molecule has 0 N–H and O–H groups in total. The number of carbonyl (C=O) groups excluding carboxylic acids is 1. The normalized spacial score (nSPS) is 14.7. The van der Waals surface area contributed by atoms with Crippen LogP contribution in [0.5, 0.6) is 11.5 Å². The molecule has 37 heavy (non-hydrogen) atoms. The summed E-state index contributed by atoms with van der Waals surface area (Å²) in [4.78, 5) is 29.0. The van der Waals surface area contributed by atoms with Gasteiger partial charge in [-0.3, -0.25) is 9.59 Å². The van der Waals surface area contributed by atoms with Crippen molar-refractivity contribution in [3.8, 4) is 11.5 Å². The maximum Gasteiger partial charge on any atom is 0.291 e. The molecule has 0 saturated heterocycles. The molecule has 1 aromatic heterocycles. The largest absolute Gasteiger partial charge is 0.457 e. The summed E-state index contributed by atoms with van der Waals surface area (Å²) in [6, 6.07) is 26.5. The molecular formula is C30H19ClFNO4. The van der Waals surface area contributed by atoms with Crippen LogP contribution in [0.3, 0.4) is 0 Å². The van der Waals surface area contributed by atoms with Crippen molar-refractivity contribution in [2.45, 2.75) is 12.6 Å². The highest BCUT2D eigenvalue weighted by molar-refractivity contribution is 6.31. The maximum atomic E-state index is 13.7. The van der Waals surface area contributed by atoms with Gasteiger partial charge < -0.3 is 14.1 Å². The molecule has 0 aliphatic carbocycles. The van der Waals surface area contributed by atoms with E-state index in [9.17, 15) is 14.0 Å². The lowest BCUT2D eigenvalue weighted by Gasteiger charge is -2.25. The molecule has 1 atom stereocenters. The van der Waals surface area contributed by atoms with E-state index in [0.717, 1.165) is 0 Å². The molecule has 1 unspecified atom stereocenters. The van der Waals surface area contributed by atoms with Crippen molar-refractivity contribution in [2.24, 2.45) is 0 Å². The van der Waals surface area contributed by atoms with Crippen LogP contribution in [0.15, 0.2) is 106 Å². The summed E-state index contributed by atoms with van der Waals surface area (Å²) < 4.78 is 25.5.